The number of carbonyl (C=O) groups is 2. The maximum absolute atomic E-state index is 12.9. The summed E-state index contributed by atoms with van der Waals surface area (Å²) in [5.74, 6) is 0.375. The number of likely N-dealkylation sites (tertiary alicyclic amines) is 1. The Morgan fingerprint density at radius 2 is 2.07 bits per heavy atom. The smallest absolute Gasteiger partial charge is 0.303 e. The van der Waals surface area contributed by atoms with Crippen molar-refractivity contribution in [1.82, 2.24) is 19.9 Å². The lowest BCUT2D eigenvalue weighted by molar-refractivity contribution is -0.142. The van der Waals surface area contributed by atoms with Crippen molar-refractivity contribution in [1.29, 1.82) is 0 Å². The third-order valence-corrected chi connectivity index (χ3v) is 6.00. The molecule has 2 atom stereocenters. The molecule has 0 bridgehead atoms. The fourth-order valence-corrected chi connectivity index (χ4v) is 4.46. The lowest BCUT2D eigenvalue weighted by Crippen LogP contribution is -2.48. The summed E-state index contributed by atoms with van der Waals surface area (Å²) in [6.45, 7) is 2.50. The van der Waals surface area contributed by atoms with E-state index in [0.29, 0.717) is 39.1 Å². The van der Waals surface area contributed by atoms with E-state index in [2.05, 4.69) is 15.0 Å². The Morgan fingerprint density at radius 3 is 2.82 bits per heavy atom. The molecule has 8 heteroatoms. The van der Waals surface area contributed by atoms with Crippen molar-refractivity contribution in [2.75, 3.05) is 26.3 Å². The van der Waals surface area contributed by atoms with Crippen LogP contribution >= 0.6 is 0 Å². The number of ether oxygens (including phenoxy) is 1. The molecule has 4 rings (SSSR count). The van der Waals surface area contributed by atoms with Gasteiger partial charge in [0.25, 0.3) is 0 Å². The number of hydrogen-bond donors (Lipinski definition) is 2. The first-order valence-electron chi connectivity index (χ1n) is 9.97. The van der Waals surface area contributed by atoms with Gasteiger partial charge in [-0.15, -0.1) is 0 Å². The normalized spacial score (nSPS) is 23.8. The van der Waals surface area contributed by atoms with Crippen molar-refractivity contribution in [3.05, 3.63) is 24.3 Å². The number of nitrogens with one attached hydrogen (secondary N) is 1. The molecular weight excluding hydrogens is 360 g/mol. The first kappa shape index (κ1) is 18.9. The number of nitrogens with zero attached hydrogens (tertiary/aromatic N) is 3. The van der Waals surface area contributed by atoms with Gasteiger partial charge in [-0.2, -0.15) is 0 Å². The number of piperidine rings is 1. The van der Waals surface area contributed by atoms with Gasteiger partial charge in [-0.1, -0.05) is 0 Å². The number of aromatic nitrogens is 3. The van der Waals surface area contributed by atoms with E-state index in [1.54, 1.807) is 12.4 Å². The van der Waals surface area contributed by atoms with E-state index in [1.165, 1.54) is 0 Å². The van der Waals surface area contributed by atoms with Crippen LogP contribution in [0.25, 0.3) is 11.0 Å². The van der Waals surface area contributed by atoms with Gasteiger partial charge in [0.1, 0.15) is 5.82 Å². The molecule has 2 aliphatic heterocycles. The lowest BCUT2D eigenvalue weighted by atomic mass is 9.80. The highest BCUT2D eigenvalue weighted by molar-refractivity contribution is 5.79. The summed E-state index contributed by atoms with van der Waals surface area (Å²) in [4.78, 5) is 38.2. The Hall–Kier alpha value is -2.48. The Kier molecular flexibility index (Phi) is 5.57. The van der Waals surface area contributed by atoms with Gasteiger partial charge >= 0.3 is 5.97 Å². The first-order chi connectivity index (χ1) is 13.6. The Labute approximate surface area is 163 Å². The second-order valence-electron chi connectivity index (χ2n) is 7.86. The van der Waals surface area contributed by atoms with Crippen LogP contribution in [0.2, 0.25) is 0 Å². The molecule has 0 spiro atoms. The van der Waals surface area contributed by atoms with Crippen molar-refractivity contribution >= 4 is 22.9 Å². The molecule has 2 saturated heterocycles. The third-order valence-electron chi connectivity index (χ3n) is 6.00. The van der Waals surface area contributed by atoms with Gasteiger partial charge in [-0.25, -0.2) is 4.98 Å². The van der Waals surface area contributed by atoms with E-state index in [4.69, 9.17) is 4.74 Å². The molecule has 0 saturated carbocycles. The zero-order valence-corrected chi connectivity index (χ0v) is 15.8. The molecule has 1 amide bonds. The molecule has 0 unspecified atom stereocenters. The van der Waals surface area contributed by atoms with Crippen molar-refractivity contribution in [2.24, 2.45) is 17.8 Å². The van der Waals surface area contributed by atoms with Gasteiger partial charge in [0.05, 0.1) is 17.2 Å². The third kappa shape index (κ3) is 4.16. The molecule has 2 fully saturated rings. The standard InChI is InChI=1S/C20H26N4O4/c25-19(26)10-14-2-6-24(20(27)13-3-7-28-8-4-13)12-15(14)9-18-22-16-1-5-21-11-17(16)23-18/h1,5,11,13-15H,2-4,6-10,12H2,(H,22,23)(H,25,26)/t14-,15-/m0/s1. The SMILES string of the molecule is O=C(O)C[C@@H]1CCN(C(=O)C2CCOCC2)C[C@@H]1Cc1nc2ccncc2[nH]1. The van der Waals surface area contributed by atoms with Gasteiger partial charge in [0.15, 0.2) is 0 Å². The molecule has 0 aliphatic carbocycles. The number of aliphatic carboxylic acids is 1. The summed E-state index contributed by atoms with van der Waals surface area (Å²) in [6, 6.07) is 1.85. The van der Waals surface area contributed by atoms with Crippen molar-refractivity contribution in [2.45, 2.75) is 32.1 Å². The number of imidazole rings is 1. The summed E-state index contributed by atoms with van der Waals surface area (Å²) in [5, 5.41) is 9.32. The van der Waals surface area contributed by atoms with Crippen LogP contribution in [0.15, 0.2) is 18.5 Å². The zero-order chi connectivity index (χ0) is 19.5. The Balaban J connectivity index is 1.49. The van der Waals surface area contributed by atoms with Gasteiger partial charge < -0.3 is 19.7 Å². The molecule has 28 heavy (non-hydrogen) atoms. The number of aromatic amines is 1. The van der Waals surface area contributed by atoms with Gasteiger partial charge in [-0.3, -0.25) is 14.6 Å². The van der Waals surface area contributed by atoms with E-state index in [-0.39, 0.29) is 30.1 Å². The van der Waals surface area contributed by atoms with Gasteiger partial charge in [-0.05, 0) is 37.2 Å². The monoisotopic (exact) mass is 386 g/mol. The highest BCUT2D eigenvalue weighted by Crippen LogP contribution is 2.31. The average Bonchev–Trinajstić information content (AvgIpc) is 3.11. The predicted molar refractivity (Wildman–Crippen MR) is 102 cm³/mol. The number of H-pyrrole nitrogens is 1. The molecular formula is C20H26N4O4. The largest absolute Gasteiger partial charge is 0.481 e. The van der Waals surface area contributed by atoms with Crippen molar-refractivity contribution in [3.8, 4) is 0 Å². The number of carboxylic acid groups (broad SMARTS) is 1. The quantitative estimate of drug-likeness (QED) is 0.812. The van der Waals surface area contributed by atoms with Crippen molar-refractivity contribution in [3.63, 3.8) is 0 Å². The van der Waals surface area contributed by atoms with E-state index in [1.807, 2.05) is 11.0 Å². The molecule has 2 aromatic heterocycles. The topological polar surface area (TPSA) is 108 Å². The summed E-state index contributed by atoms with van der Waals surface area (Å²) in [7, 11) is 0. The summed E-state index contributed by atoms with van der Waals surface area (Å²) in [5.41, 5.74) is 1.73. The molecule has 2 aromatic rings. The Morgan fingerprint density at radius 1 is 1.25 bits per heavy atom. The first-order valence-corrected chi connectivity index (χ1v) is 9.97. The van der Waals surface area contributed by atoms with E-state index in [0.717, 1.165) is 29.7 Å². The van der Waals surface area contributed by atoms with E-state index >= 15 is 0 Å². The van der Waals surface area contributed by atoms with Crippen LogP contribution in [0.3, 0.4) is 0 Å². The number of rotatable bonds is 5. The fourth-order valence-electron chi connectivity index (χ4n) is 4.46. The number of pyridine rings is 1. The maximum atomic E-state index is 12.9. The molecule has 4 heterocycles. The van der Waals surface area contributed by atoms with Gasteiger partial charge in [0.2, 0.25) is 5.91 Å². The maximum Gasteiger partial charge on any atom is 0.303 e. The highest BCUT2D eigenvalue weighted by Gasteiger charge is 2.35. The highest BCUT2D eigenvalue weighted by atomic mass is 16.5. The number of fused-ring (bicyclic) bond motifs is 1. The minimum absolute atomic E-state index is 0.0303. The van der Waals surface area contributed by atoms with Gasteiger partial charge in [0, 0.05) is 51.3 Å². The van der Waals surface area contributed by atoms with Crippen LogP contribution in [-0.4, -0.2) is 63.1 Å². The Bertz CT molecular complexity index is 813. The van der Waals surface area contributed by atoms with Crippen LogP contribution in [0.5, 0.6) is 0 Å². The van der Waals surface area contributed by atoms with Crippen LogP contribution in [0.1, 0.15) is 31.5 Å². The molecule has 150 valence electrons. The number of hydrogen-bond acceptors (Lipinski definition) is 5. The summed E-state index contributed by atoms with van der Waals surface area (Å²) >= 11 is 0. The molecule has 8 nitrogen and oxygen atoms in total. The molecule has 2 aliphatic rings. The van der Waals surface area contributed by atoms with E-state index < -0.39 is 5.97 Å². The second-order valence-corrected chi connectivity index (χ2v) is 7.86. The van der Waals surface area contributed by atoms with Crippen LogP contribution in [0.4, 0.5) is 0 Å². The predicted octanol–water partition coefficient (Wildman–Crippen LogP) is 1.87. The average molecular weight is 386 g/mol. The number of carboxylic acids is 1. The minimum atomic E-state index is -0.784. The van der Waals surface area contributed by atoms with Crippen LogP contribution < -0.4 is 0 Å². The minimum Gasteiger partial charge on any atom is -0.481 e. The van der Waals surface area contributed by atoms with Crippen LogP contribution in [-0.2, 0) is 20.7 Å². The van der Waals surface area contributed by atoms with E-state index in [9.17, 15) is 14.7 Å². The fraction of sp³-hybridized carbons (Fsp3) is 0.600. The lowest BCUT2D eigenvalue weighted by Gasteiger charge is -2.40. The summed E-state index contributed by atoms with van der Waals surface area (Å²) in [6.07, 6.45) is 6.46. The number of amides is 1. The summed E-state index contributed by atoms with van der Waals surface area (Å²) < 4.78 is 5.37. The van der Waals surface area contributed by atoms with Crippen LogP contribution in [0, 0.1) is 17.8 Å². The molecule has 0 radical (unpaired) electrons. The number of carbonyl (C=O) groups excluding carboxylic acids is 1. The molecule has 2 N–H and O–H groups in total. The second kappa shape index (κ2) is 8.26. The van der Waals surface area contributed by atoms with Crippen molar-refractivity contribution < 1.29 is 19.4 Å². The zero-order valence-electron chi connectivity index (χ0n) is 15.8. The molecule has 0 aromatic carbocycles.